The standard InChI is InChI=1S/C12H20N2O3/c15-11(12(16)17)14-6-2-4-10(8-14)9-3-1-5-13-7-9/h9-10,13H,1-8H2,(H,16,17). The summed E-state index contributed by atoms with van der Waals surface area (Å²) in [6.07, 6.45) is 4.44. The molecule has 0 aromatic carbocycles. The van der Waals surface area contributed by atoms with E-state index in [1.165, 1.54) is 17.7 Å². The molecule has 0 aliphatic carbocycles. The van der Waals surface area contributed by atoms with Crippen LogP contribution in [0.25, 0.3) is 0 Å². The van der Waals surface area contributed by atoms with Gasteiger partial charge in [-0.05, 0) is 50.6 Å². The van der Waals surface area contributed by atoms with Crippen LogP contribution in [0.4, 0.5) is 0 Å². The van der Waals surface area contributed by atoms with Gasteiger partial charge in [0, 0.05) is 13.1 Å². The van der Waals surface area contributed by atoms with Gasteiger partial charge in [0.25, 0.3) is 0 Å². The summed E-state index contributed by atoms with van der Waals surface area (Å²) >= 11 is 0. The van der Waals surface area contributed by atoms with Gasteiger partial charge in [-0.2, -0.15) is 0 Å². The summed E-state index contributed by atoms with van der Waals surface area (Å²) in [4.78, 5) is 23.6. The zero-order valence-corrected chi connectivity index (χ0v) is 10.0. The maximum absolute atomic E-state index is 11.4. The van der Waals surface area contributed by atoms with Gasteiger partial charge in [-0.1, -0.05) is 0 Å². The molecule has 0 bridgehead atoms. The molecule has 0 spiro atoms. The average Bonchev–Trinajstić information content (AvgIpc) is 2.39. The van der Waals surface area contributed by atoms with Gasteiger partial charge >= 0.3 is 11.9 Å². The Hall–Kier alpha value is -1.10. The summed E-state index contributed by atoms with van der Waals surface area (Å²) in [5.41, 5.74) is 0. The maximum Gasteiger partial charge on any atom is 0.394 e. The van der Waals surface area contributed by atoms with Crippen LogP contribution in [-0.2, 0) is 9.59 Å². The monoisotopic (exact) mass is 240 g/mol. The molecule has 2 rings (SSSR count). The van der Waals surface area contributed by atoms with Gasteiger partial charge in [-0.3, -0.25) is 4.79 Å². The smallest absolute Gasteiger partial charge is 0.394 e. The van der Waals surface area contributed by atoms with Crippen LogP contribution in [0.1, 0.15) is 25.7 Å². The van der Waals surface area contributed by atoms with Crippen molar-refractivity contribution in [2.45, 2.75) is 25.7 Å². The van der Waals surface area contributed by atoms with E-state index in [1.807, 2.05) is 0 Å². The largest absolute Gasteiger partial charge is 0.474 e. The summed E-state index contributed by atoms with van der Waals surface area (Å²) in [6.45, 7) is 3.32. The van der Waals surface area contributed by atoms with Crippen LogP contribution >= 0.6 is 0 Å². The number of amides is 1. The topological polar surface area (TPSA) is 69.6 Å². The third kappa shape index (κ3) is 2.97. The molecule has 0 radical (unpaired) electrons. The highest BCUT2D eigenvalue weighted by atomic mass is 16.4. The Morgan fingerprint density at radius 1 is 1.18 bits per heavy atom. The second-order valence-electron chi connectivity index (χ2n) is 5.07. The van der Waals surface area contributed by atoms with E-state index < -0.39 is 11.9 Å². The second kappa shape index (κ2) is 5.49. The molecule has 96 valence electrons. The SMILES string of the molecule is O=C(O)C(=O)N1CCCC(C2CCCNC2)C1. The summed E-state index contributed by atoms with van der Waals surface area (Å²) in [7, 11) is 0. The first kappa shape index (κ1) is 12.4. The van der Waals surface area contributed by atoms with Gasteiger partial charge in [0.05, 0.1) is 0 Å². The lowest BCUT2D eigenvalue weighted by molar-refractivity contribution is -0.157. The summed E-state index contributed by atoms with van der Waals surface area (Å²) in [5.74, 6) is -0.987. The van der Waals surface area contributed by atoms with E-state index >= 15 is 0 Å². The lowest BCUT2D eigenvalue weighted by Crippen LogP contribution is -2.47. The quantitative estimate of drug-likeness (QED) is 0.647. The van der Waals surface area contributed by atoms with Crippen LogP contribution in [0.2, 0.25) is 0 Å². The number of carbonyl (C=O) groups excluding carboxylic acids is 1. The molecular formula is C12H20N2O3. The van der Waals surface area contributed by atoms with Crippen molar-refractivity contribution < 1.29 is 14.7 Å². The number of carboxylic acids is 1. The molecule has 2 heterocycles. The van der Waals surface area contributed by atoms with Gasteiger partial charge in [0.2, 0.25) is 0 Å². The molecule has 1 amide bonds. The zero-order chi connectivity index (χ0) is 12.3. The van der Waals surface area contributed by atoms with Gasteiger partial charge in [-0.25, -0.2) is 4.79 Å². The van der Waals surface area contributed by atoms with E-state index in [2.05, 4.69) is 5.32 Å². The summed E-state index contributed by atoms with van der Waals surface area (Å²) in [6, 6.07) is 0. The molecule has 2 aliphatic rings. The summed E-state index contributed by atoms with van der Waals surface area (Å²) < 4.78 is 0. The molecule has 17 heavy (non-hydrogen) atoms. The fraction of sp³-hybridized carbons (Fsp3) is 0.833. The number of hydrogen-bond donors (Lipinski definition) is 2. The van der Waals surface area contributed by atoms with E-state index in [0.29, 0.717) is 24.9 Å². The van der Waals surface area contributed by atoms with Crippen molar-refractivity contribution >= 4 is 11.9 Å². The number of likely N-dealkylation sites (tertiary alicyclic amines) is 1. The molecule has 2 aliphatic heterocycles. The van der Waals surface area contributed by atoms with Gasteiger partial charge in [0.15, 0.2) is 0 Å². The Morgan fingerprint density at radius 3 is 2.59 bits per heavy atom. The minimum Gasteiger partial charge on any atom is -0.474 e. The highest BCUT2D eigenvalue weighted by Crippen LogP contribution is 2.28. The number of rotatable bonds is 1. The van der Waals surface area contributed by atoms with Crippen LogP contribution in [0.15, 0.2) is 0 Å². The Balaban J connectivity index is 1.92. The van der Waals surface area contributed by atoms with Crippen molar-refractivity contribution in [3.63, 3.8) is 0 Å². The van der Waals surface area contributed by atoms with E-state index in [-0.39, 0.29) is 0 Å². The molecule has 5 heteroatoms. The van der Waals surface area contributed by atoms with E-state index in [1.54, 1.807) is 0 Å². The fourth-order valence-corrected chi connectivity index (χ4v) is 3.00. The molecule has 0 aromatic rings. The van der Waals surface area contributed by atoms with Crippen molar-refractivity contribution in [3.05, 3.63) is 0 Å². The summed E-state index contributed by atoms with van der Waals surface area (Å²) in [5, 5.41) is 12.1. The molecule has 5 nitrogen and oxygen atoms in total. The van der Waals surface area contributed by atoms with Crippen LogP contribution in [0.3, 0.4) is 0 Å². The number of nitrogens with zero attached hydrogens (tertiary/aromatic N) is 1. The Morgan fingerprint density at radius 2 is 1.94 bits per heavy atom. The average molecular weight is 240 g/mol. The Kier molecular flexibility index (Phi) is 3.99. The molecule has 2 saturated heterocycles. The predicted octanol–water partition coefficient (Wildman–Crippen LogP) is 0.309. The van der Waals surface area contributed by atoms with Crippen molar-refractivity contribution in [3.8, 4) is 0 Å². The van der Waals surface area contributed by atoms with Crippen molar-refractivity contribution in [1.82, 2.24) is 10.2 Å². The highest BCUT2D eigenvalue weighted by molar-refractivity contribution is 6.31. The third-order valence-electron chi connectivity index (χ3n) is 3.93. The van der Waals surface area contributed by atoms with Gasteiger partial charge in [0.1, 0.15) is 0 Å². The number of piperidine rings is 2. The number of aliphatic carboxylic acids is 1. The van der Waals surface area contributed by atoms with E-state index in [0.717, 1.165) is 25.9 Å². The molecular weight excluding hydrogens is 220 g/mol. The number of carboxylic acid groups (broad SMARTS) is 1. The van der Waals surface area contributed by atoms with Crippen LogP contribution < -0.4 is 5.32 Å². The highest BCUT2D eigenvalue weighted by Gasteiger charge is 2.32. The zero-order valence-electron chi connectivity index (χ0n) is 10.0. The van der Waals surface area contributed by atoms with Crippen molar-refractivity contribution in [2.75, 3.05) is 26.2 Å². The first-order chi connectivity index (χ1) is 8.18. The van der Waals surface area contributed by atoms with Crippen LogP contribution in [0, 0.1) is 11.8 Å². The van der Waals surface area contributed by atoms with Crippen LogP contribution in [0.5, 0.6) is 0 Å². The molecule has 0 aromatic heterocycles. The number of hydrogen-bond acceptors (Lipinski definition) is 3. The minimum atomic E-state index is -1.33. The van der Waals surface area contributed by atoms with Gasteiger partial charge in [-0.15, -0.1) is 0 Å². The first-order valence-electron chi connectivity index (χ1n) is 6.41. The molecule has 2 N–H and O–H groups in total. The molecule has 0 saturated carbocycles. The normalized spacial score (nSPS) is 30.0. The third-order valence-corrected chi connectivity index (χ3v) is 3.93. The second-order valence-corrected chi connectivity index (χ2v) is 5.07. The lowest BCUT2D eigenvalue weighted by Gasteiger charge is -2.38. The van der Waals surface area contributed by atoms with Crippen molar-refractivity contribution in [1.29, 1.82) is 0 Å². The molecule has 2 unspecified atom stereocenters. The minimum absolute atomic E-state index is 0.472. The Labute approximate surface area is 101 Å². The van der Waals surface area contributed by atoms with Crippen molar-refractivity contribution in [2.24, 2.45) is 11.8 Å². The Bertz CT molecular complexity index is 300. The number of nitrogens with one attached hydrogen (secondary N) is 1. The number of carbonyl (C=O) groups is 2. The fourth-order valence-electron chi connectivity index (χ4n) is 3.00. The molecule has 2 atom stereocenters. The van der Waals surface area contributed by atoms with Gasteiger partial charge < -0.3 is 15.3 Å². The first-order valence-corrected chi connectivity index (χ1v) is 6.41. The predicted molar refractivity (Wildman–Crippen MR) is 62.5 cm³/mol. The molecule has 2 fully saturated rings. The lowest BCUT2D eigenvalue weighted by atomic mass is 9.81. The van der Waals surface area contributed by atoms with E-state index in [4.69, 9.17) is 5.11 Å². The van der Waals surface area contributed by atoms with Crippen LogP contribution in [-0.4, -0.2) is 48.1 Å². The van der Waals surface area contributed by atoms with E-state index in [9.17, 15) is 9.59 Å². The maximum atomic E-state index is 11.4.